The predicted octanol–water partition coefficient (Wildman–Crippen LogP) is 2.63. The minimum atomic E-state index is -0.503. The molecule has 9 heteroatoms. The van der Waals surface area contributed by atoms with E-state index in [1.807, 2.05) is 35.8 Å². The van der Waals surface area contributed by atoms with Crippen LogP contribution in [0.15, 0.2) is 41.2 Å². The van der Waals surface area contributed by atoms with Crippen LogP contribution in [0, 0.1) is 6.92 Å². The topological polar surface area (TPSA) is 90.8 Å². The molecular formula is C19H19FN6O2. The molecule has 0 aliphatic rings. The molecule has 4 aromatic rings. The van der Waals surface area contributed by atoms with Gasteiger partial charge in [-0.15, -0.1) is 0 Å². The summed E-state index contributed by atoms with van der Waals surface area (Å²) in [6.45, 7) is 1.78. The number of carbonyl (C=O) groups excluding carboxylic acids is 1. The summed E-state index contributed by atoms with van der Waals surface area (Å²) in [4.78, 5) is 16.5. The van der Waals surface area contributed by atoms with Crippen LogP contribution in [0.4, 0.5) is 4.39 Å². The molecule has 1 aromatic carbocycles. The zero-order valence-electron chi connectivity index (χ0n) is 15.5. The number of nitrogens with zero attached hydrogens (tertiary/aromatic N) is 5. The minimum Gasteiger partial charge on any atom is -0.343 e. The molecule has 0 spiro atoms. The molecule has 8 nitrogen and oxygen atoms in total. The van der Waals surface area contributed by atoms with Crippen LogP contribution in [-0.4, -0.2) is 37.1 Å². The summed E-state index contributed by atoms with van der Waals surface area (Å²) in [5.41, 5.74) is 3.13. The molecule has 144 valence electrons. The summed E-state index contributed by atoms with van der Waals surface area (Å²) in [7, 11) is 1.74. The summed E-state index contributed by atoms with van der Waals surface area (Å²) < 4.78 is 21.8. The van der Waals surface area contributed by atoms with Gasteiger partial charge in [-0.25, -0.2) is 4.39 Å². The van der Waals surface area contributed by atoms with Gasteiger partial charge in [-0.2, -0.15) is 10.1 Å². The van der Waals surface area contributed by atoms with Crippen molar-refractivity contribution >= 4 is 16.8 Å². The highest BCUT2D eigenvalue weighted by Gasteiger charge is 2.17. The lowest BCUT2D eigenvalue weighted by Crippen LogP contribution is -2.22. The summed E-state index contributed by atoms with van der Waals surface area (Å²) in [5, 5.41) is 11.7. The van der Waals surface area contributed by atoms with Crippen LogP contribution in [0.2, 0.25) is 0 Å². The van der Waals surface area contributed by atoms with Crippen molar-refractivity contribution in [1.29, 1.82) is 0 Å². The van der Waals surface area contributed by atoms with Crippen molar-refractivity contribution in [2.75, 3.05) is 6.67 Å². The number of aromatic nitrogens is 5. The second kappa shape index (κ2) is 7.26. The molecule has 1 amide bonds. The molecule has 0 unspecified atom stereocenters. The van der Waals surface area contributed by atoms with Crippen molar-refractivity contribution in [1.82, 2.24) is 29.8 Å². The fourth-order valence-electron chi connectivity index (χ4n) is 3.17. The molecule has 0 saturated carbocycles. The van der Waals surface area contributed by atoms with E-state index in [1.165, 1.54) is 6.20 Å². The Morgan fingerprint density at radius 3 is 2.96 bits per heavy atom. The SMILES string of the molecule is Cc1cccc2c1cc(-c1noc(CNC(=O)c3cnn(C)c3)n1)n2CCF. The van der Waals surface area contributed by atoms with Crippen molar-refractivity contribution in [2.24, 2.45) is 7.05 Å². The Kier molecular flexibility index (Phi) is 4.64. The maximum Gasteiger partial charge on any atom is 0.254 e. The van der Waals surface area contributed by atoms with Gasteiger partial charge in [0.1, 0.15) is 6.67 Å². The quantitative estimate of drug-likeness (QED) is 0.554. The average molecular weight is 382 g/mol. The van der Waals surface area contributed by atoms with Gasteiger partial charge >= 0.3 is 0 Å². The van der Waals surface area contributed by atoms with Gasteiger partial charge in [0.15, 0.2) is 0 Å². The highest BCUT2D eigenvalue weighted by molar-refractivity contribution is 5.93. The molecule has 0 bridgehead atoms. The van der Waals surface area contributed by atoms with Crippen LogP contribution in [0.25, 0.3) is 22.4 Å². The molecule has 1 N–H and O–H groups in total. The first kappa shape index (κ1) is 17.9. The summed E-state index contributed by atoms with van der Waals surface area (Å²) in [6.07, 6.45) is 3.10. The Labute approximate surface area is 160 Å². The van der Waals surface area contributed by atoms with Gasteiger partial charge in [-0.3, -0.25) is 9.48 Å². The van der Waals surface area contributed by atoms with Crippen molar-refractivity contribution in [3.8, 4) is 11.5 Å². The monoisotopic (exact) mass is 382 g/mol. The Bertz CT molecular complexity index is 1140. The summed E-state index contributed by atoms with van der Waals surface area (Å²) in [5.74, 6) is 0.339. The van der Waals surface area contributed by atoms with Gasteiger partial charge in [0.25, 0.3) is 5.91 Å². The predicted molar refractivity (Wildman–Crippen MR) is 100 cm³/mol. The van der Waals surface area contributed by atoms with Crippen molar-refractivity contribution in [2.45, 2.75) is 20.0 Å². The Morgan fingerprint density at radius 2 is 2.21 bits per heavy atom. The van der Waals surface area contributed by atoms with E-state index in [1.54, 1.807) is 17.9 Å². The average Bonchev–Trinajstić information content (AvgIpc) is 3.40. The lowest BCUT2D eigenvalue weighted by Gasteiger charge is -2.05. The molecule has 3 aromatic heterocycles. The second-order valence-electron chi connectivity index (χ2n) is 6.47. The molecule has 28 heavy (non-hydrogen) atoms. The smallest absolute Gasteiger partial charge is 0.254 e. The number of nitrogens with one attached hydrogen (secondary N) is 1. The number of benzene rings is 1. The number of alkyl halides is 1. The van der Waals surface area contributed by atoms with Gasteiger partial charge in [0, 0.05) is 24.1 Å². The van der Waals surface area contributed by atoms with E-state index < -0.39 is 6.67 Å². The van der Waals surface area contributed by atoms with E-state index in [2.05, 4.69) is 20.6 Å². The second-order valence-corrected chi connectivity index (χ2v) is 6.47. The summed E-state index contributed by atoms with van der Waals surface area (Å²) >= 11 is 0. The maximum absolute atomic E-state index is 13.1. The number of halogens is 1. The van der Waals surface area contributed by atoms with Crippen LogP contribution in [0.3, 0.4) is 0 Å². The fourth-order valence-corrected chi connectivity index (χ4v) is 3.17. The lowest BCUT2D eigenvalue weighted by atomic mass is 10.1. The maximum atomic E-state index is 13.1. The van der Waals surface area contributed by atoms with Crippen molar-refractivity contribution in [3.63, 3.8) is 0 Å². The van der Waals surface area contributed by atoms with Gasteiger partial charge in [0.2, 0.25) is 11.7 Å². The molecule has 0 fully saturated rings. The van der Waals surface area contributed by atoms with Crippen LogP contribution in [-0.2, 0) is 20.1 Å². The van der Waals surface area contributed by atoms with Crippen LogP contribution >= 0.6 is 0 Å². The van der Waals surface area contributed by atoms with Gasteiger partial charge in [-0.1, -0.05) is 17.3 Å². The van der Waals surface area contributed by atoms with E-state index in [4.69, 9.17) is 4.52 Å². The molecule has 0 radical (unpaired) electrons. The molecule has 0 aliphatic heterocycles. The first-order valence-electron chi connectivity index (χ1n) is 8.81. The minimum absolute atomic E-state index is 0.0864. The molecule has 0 atom stereocenters. The van der Waals surface area contributed by atoms with Crippen LogP contribution in [0.1, 0.15) is 21.8 Å². The van der Waals surface area contributed by atoms with Gasteiger partial charge < -0.3 is 14.4 Å². The van der Waals surface area contributed by atoms with Gasteiger partial charge in [-0.05, 0) is 24.6 Å². The Morgan fingerprint density at radius 1 is 1.36 bits per heavy atom. The number of amides is 1. The number of hydrogen-bond donors (Lipinski definition) is 1. The van der Waals surface area contributed by atoms with Crippen LogP contribution in [0.5, 0.6) is 0 Å². The molecular weight excluding hydrogens is 363 g/mol. The molecule has 0 saturated heterocycles. The first-order valence-corrected chi connectivity index (χ1v) is 8.81. The van der Waals surface area contributed by atoms with E-state index in [-0.39, 0.29) is 24.9 Å². The number of aryl methyl sites for hydroxylation is 3. The standard InChI is InChI=1S/C19H19FN6O2/c1-12-4-3-5-15-14(12)8-16(26(15)7-6-20)18-23-17(28-24-18)10-21-19(27)13-9-22-25(2)11-13/h3-5,8-9,11H,6-7,10H2,1-2H3,(H,21,27). The molecule has 4 rings (SSSR count). The Hall–Kier alpha value is -3.49. The van der Waals surface area contributed by atoms with E-state index >= 15 is 0 Å². The van der Waals surface area contributed by atoms with Crippen molar-refractivity contribution in [3.05, 3.63) is 53.7 Å². The van der Waals surface area contributed by atoms with Crippen molar-refractivity contribution < 1.29 is 13.7 Å². The third-order valence-corrected chi connectivity index (χ3v) is 4.54. The largest absolute Gasteiger partial charge is 0.343 e. The number of carbonyl (C=O) groups is 1. The summed E-state index contributed by atoms with van der Waals surface area (Å²) in [6, 6.07) is 7.81. The third kappa shape index (κ3) is 3.26. The Balaban J connectivity index is 1.58. The van der Waals surface area contributed by atoms with E-state index in [0.29, 0.717) is 17.1 Å². The third-order valence-electron chi connectivity index (χ3n) is 4.54. The number of hydrogen-bond acceptors (Lipinski definition) is 5. The normalized spacial score (nSPS) is 11.2. The zero-order valence-corrected chi connectivity index (χ0v) is 15.5. The van der Waals surface area contributed by atoms with E-state index in [9.17, 15) is 9.18 Å². The number of rotatable bonds is 6. The van der Waals surface area contributed by atoms with Crippen LogP contribution < -0.4 is 5.32 Å². The lowest BCUT2D eigenvalue weighted by molar-refractivity contribution is 0.0946. The highest BCUT2D eigenvalue weighted by Crippen LogP contribution is 2.28. The number of fused-ring (bicyclic) bond motifs is 1. The molecule has 0 aliphatic carbocycles. The van der Waals surface area contributed by atoms with Gasteiger partial charge in [0.05, 0.1) is 30.5 Å². The molecule has 3 heterocycles. The highest BCUT2D eigenvalue weighted by atomic mass is 19.1. The van der Waals surface area contributed by atoms with E-state index in [0.717, 1.165) is 16.5 Å². The zero-order chi connectivity index (χ0) is 19.7. The fraction of sp³-hybridized carbons (Fsp3) is 0.263. The first-order chi connectivity index (χ1) is 13.6.